The van der Waals surface area contributed by atoms with Gasteiger partial charge in [0.1, 0.15) is 5.60 Å². The number of ether oxygens (including phenoxy) is 2. The SMILES string of the molecule is CC(C)OC(=O)c1ccc(NC(=O)c2ccc(CNC(=O)OC(C)(C)C)cc2)cc1. The van der Waals surface area contributed by atoms with Crippen LogP contribution in [0.25, 0.3) is 0 Å². The highest BCUT2D eigenvalue weighted by atomic mass is 16.6. The van der Waals surface area contributed by atoms with Crippen LogP contribution in [0.5, 0.6) is 0 Å². The first-order valence-electron chi connectivity index (χ1n) is 9.71. The minimum Gasteiger partial charge on any atom is -0.459 e. The number of benzene rings is 2. The van der Waals surface area contributed by atoms with Crippen LogP contribution in [0.2, 0.25) is 0 Å². The molecule has 7 nitrogen and oxygen atoms in total. The Morgan fingerprint density at radius 2 is 1.47 bits per heavy atom. The predicted molar refractivity (Wildman–Crippen MR) is 114 cm³/mol. The van der Waals surface area contributed by atoms with Gasteiger partial charge in [0.25, 0.3) is 5.91 Å². The number of anilines is 1. The van der Waals surface area contributed by atoms with E-state index in [1.54, 1.807) is 83.1 Å². The molecule has 0 bridgehead atoms. The Balaban J connectivity index is 1.90. The number of hydrogen-bond acceptors (Lipinski definition) is 5. The molecular weight excluding hydrogens is 384 g/mol. The Morgan fingerprint density at radius 1 is 0.900 bits per heavy atom. The van der Waals surface area contributed by atoms with Crippen molar-refractivity contribution in [2.75, 3.05) is 5.32 Å². The van der Waals surface area contributed by atoms with Crippen molar-refractivity contribution < 1.29 is 23.9 Å². The molecular formula is C23H28N2O5. The standard InChI is InChI=1S/C23H28N2O5/c1-15(2)29-21(27)18-10-12-19(13-11-18)25-20(26)17-8-6-16(7-9-17)14-24-22(28)30-23(3,4)5/h6-13,15H,14H2,1-5H3,(H,24,28)(H,25,26). The van der Waals surface area contributed by atoms with Gasteiger partial charge in [0.15, 0.2) is 0 Å². The fourth-order valence-corrected chi connectivity index (χ4v) is 2.44. The number of rotatable bonds is 6. The van der Waals surface area contributed by atoms with E-state index in [1.165, 1.54) is 0 Å². The zero-order valence-electron chi connectivity index (χ0n) is 17.9. The summed E-state index contributed by atoms with van der Waals surface area (Å²) in [5.41, 5.74) is 1.74. The summed E-state index contributed by atoms with van der Waals surface area (Å²) in [5.74, 6) is -0.683. The van der Waals surface area contributed by atoms with Gasteiger partial charge in [0.2, 0.25) is 0 Å². The van der Waals surface area contributed by atoms with Gasteiger partial charge in [-0.25, -0.2) is 9.59 Å². The number of alkyl carbamates (subject to hydrolysis) is 1. The molecule has 0 heterocycles. The Bertz CT molecular complexity index is 881. The smallest absolute Gasteiger partial charge is 0.407 e. The minimum absolute atomic E-state index is 0.195. The third-order valence-electron chi connectivity index (χ3n) is 3.77. The van der Waals surface area contributed by atoms with Crippen molar-refractivity contribution in [3.05, 3.63) is 65.2 Å². The Kier molecular flexibility index (Phi) is 7.58. The maximum atomic E-state index is 12.4. The van der Waals surface area contributed by atoms with E-state index in [0.717, 1.165) is 5.56 Å². The topological polar surface area (TPSA) is 93.7 Å². The van der Waals surface area contributed by atoms with Gasteiger partial charge in [-0.3, -0.25) is 4.79 Å². The van der Waals surface area contributed by atoms with Crippen molar-refractivity contribution in [3.8, 4) is 0 Å². The molecule has 0 fully saturated rings. The molecule has 0 aliphatic heterocycles. The van der Waals surface area contributed by atoms with E-state index in [2.05, 4.69) is 10.6 Å². The summed E-state index contributed by atoms with van der Waals surface area (Å²) in [6.07, 6.45) is -0.691. The molecule has 2 aromatic carbocycles. The molecule has 0 aliphatic rings. The second-order valence-corrected chi connectivity index (χ2v) is 8.04. The lowest BCUT2D eigenvalue weighted by Crippen LogP contribution is -2.32. The van der Waals surface area contributed by atoms with Crippen LogP contribution in [0.3, 0.4) is 0 Å². The van der Waals surface area contributed by atoms with Crippen LogP contribution in [0.4, 0.5) is 10.5 Å². The second-order valence-electron chi connectivity index (χ2n) is 8.04. The first kappa shape index (κ1) is 22.9. The molecule has 0 aromatic heterocycles. The molecule has 0 spiro atoms. The summed E-state index contributed by atoms with van der Waals surface area (Å²) in [6, 6.07) is 13.4. The van der Waals surface area contributed by atoms with Crippen molar-refractivity contribution in [1.82, 2.24) is 5.32 Å². The number of esters is 1. The Labute approximate surface area is 176 Å². The summed E-state index contributed by atoms with van der Waals surface area (Å²) in [7, 11) is 0. The largest absolute Gasteiger partial charge is 0.459 e. The van der Waals surface area contributed by atoms with Gasteiger partial charge in [0.05, 0.1) is 11.7 Å². The molecule has 2 N–H and O–H groups in total. The average molecular weight is 412 g/mol. The molecule has 7 heteroatoms. The van der Waals surface area contributed by atoms with Gasteiger partial charge in [0, 0.05) is 17.8 Å². The van der Waals surface area contributed by atoms with Crippen molar-refractivity contribution in [1.29, 1.82) is 0 Å². The van der Waals surface area contributed by atoms with Crippen LogP contribution in [0.15, 0.2) is 48.5 Å². The van der Waals surface area contributed by atoms with Crippen LogP contribution in [-0.4, -0.2) is 29.7 Å². The highest BCUT2D eigenvalue weighted by molar-refractivity contribution is 6.04. The molecule has 160 valence electrons. The zero-order valence-corrected chi connectivity index (χ0v) is 17.9. The van der Waals surface area contributed by atoms with Gasteiger partial charge in [-0.1, -0.05) is 12.1 Å². The lowest BCUT2D eigenvalue weighted by molar-refractivity contribution is 0.0377. The maximum Gasteiger partial charge on any atom is 0.407 e. The number of carbonyl (C=O) groups excluding carboxylic acids is 3. The molecule has 0 saturated heterocycles. The quantitative estimate of drug-likeness (QED) is 0.680. The summed E-state index contributed by atoms with van der Waals surface area (Å²) in [5, 5.41) is 5.45. The maximum absolute atomic E-state index is 12.4. The van der Waals surface area contributed by atoms with Crippen molar-refractivity contribution in [3.63, 3.8) is 0 Å². The summed E-state index contributed by atoms with van der Waals surface area (Å²) in [4.78, 5) is 36.0. The normalized spacial score (nSPS) is 11.0. The summed E-state index contributed by atoms with van der Waals surface area (Å²) in [6.45, 7) is 9.25. The van der Waals surface area contributed by atoms with Gasteiger partial charge < -0.3 is 20.1 Å². The third kappa shape index (κ3) is 7.58. The lowest BCUT2D eigenvalue weighted by atomic mass is 10.1. The second kappa shape index (κ2) is 9.91. The van der Waals surface area contributed by atoms with Gasteiger partial charge >= 0.3 is 12.1 Å². The summed E-state index contributed by atoms with van der Waals surface area (Å²) >= 11 is 0. The molecule has 2 amide bonds. The van der Waals surface area contributed by atoms with E-state index in [0.29, 0.717) is 23.4 Å². The number of carbonyl (C=O) groups is 3. The Morgan fingerprint density at radius 3 is 2.00 bits per heavy atom. The van der Waals surface area contributed by atoms with Gasteiger partial charge in [-0.2, -0.15) is 0 Å². The van der Waals surface area contributed by atoms with Crippen molar-refractivity contribution in [2.45, 2.75) is 52.9 Å². The van der Waals surface area contributed by atoms with Crippen molar-refractivity contribution in [2.24, 2.45) is 0 Å². The molecule has 0 saturated carbocycles. The molecule has 0 unspecified atom stereocenters. The van der Waals surface area contributed by atoms with E-state index in [-0.39, 0.29) is 12.0 Å². The van der Waals surface area contributed by atoms with Gasteiger partial charge in [-0.15, -0.1) is 0 Å². The number of amides is 2. The molecule has 2 rings (SSSR count). The van der Waals surface area contributed by atoms with E-state index >= 15 is 0 Å². The van der Waals surface area contributed by atoms with Crippen LogP contribution in [0, 0.1) is 0 Å². The summed E-state index contributed by atoms with van der Waals surface area (Å²) < 4.78 is 10.3. The third-order valence-corrected chi connectivity index (χ3v) is 3.77. The predicted octanol–water partition coefficient (Wildman–Crippen LogP) is 4.53. The molecule has 0 aliphatic carbocycles. The van der Waals surface area contributed by atoms with E-state index in [9.17, 15) is 14.4 Å². The lowest BCUT2D eigenvalue weighted by Gasteiger charge is -2.19. The van der Waals surface area contributed by atoms with Crippen LogP contribution >= 0.6 is 0 Å². The highest BCUT2D eigenvalue weighted by Gasteiger charge is 2.16. The molecule has 30 heavy (non-hydrogen) atoms. The minimum atomic E-state index is -0.557. The number of nitrogens with one attached hydrogen (secondary N) is 2. The number of hydrogen-bond donors (Lipinski definition) is 2. The van der Waals surface area contributed by atoms with Crippen LogP contribution in [-0.2, 0) is 16.0 Å². The first-order valence-corrected chi connectivity index (χ1v) is 9.71. The van der Waals surface area contributed by atoms with E-state index < -0.39 is 17.7 Å². The highest BCUT2D eigenvalue weighted by Crippen LogP contribution is 2.14. The fourth-order valence-electron chi connectivity index (χ4n) is 2.44. The fraction of sp³-hybridized carbons (Fsp3) is 0.348. The zero-order chi connectivity index (χ0) is 22.3. The van der Waals surface area contributed by atoms with Crippen LogP contribution in [0.1, 0.15) is 60.9 Å². The monoisotopic (exact) mass is 412 g/mol. The van der Waals surface area contributed by atoms with Gasteiger partial charge in [-0.05, 0) is 76.6 Å². The Hall–Kier alpha value is -3.35. The molecule has 0 atom stereocenters. The van der Waals surface area contributed by atoms with E-state index in [1.807, 2.05) is 0 Å². The van der Waals surface area contributed by atoms with Crippen molar-refractivity contribution >= 4 is 23.7 Å². The van der Waals surface area contributed by atoms with E-state index in [4.69, 9.17) is 9.47 Å². The average Bonchev–Trinajstić information content (AvgIpc) is 2.65. The van der Waals surface area contributed by atoms with Crippen LogP contribution < -0.4 is 10.6 Å². The molecule has 2 aromatic rings. The first-order chi connectivity index (χ1) is 14.0. The molecule has 0 radical (unpaired) electrons.